The number of benzene rings is 3. The van der Waals surface area contributed by atoms with Gasteiger partial charge in [0.15, 0.2) is 0 Å². The minimum absolute atomic E-state index is 1.17. The van der Waals surface area contributed by atoms with Crippen molar-refractivity contribution in [3.05, 3.63) is 89.5 Å². The van der Waals surface area contributed by atoms with Crippen LogP contribution in [0, 0.1) is 13.8 Å². The highest BCUT2D eigenvalue weighted by Gasteiger charge is 2.15. The lowest BCUT2D eigenvalue weighted by atomic mass is 10.0. The number of aryl methyl sites for hydroxylation is 3. The topological polar surface area (TPSA) is 3.24 Å². The van der Waals surface area contributed by atoms with Crippen LogP contribution in [0.4, 0.5) is 17.1 Å². The zero-order valence-corrected chi connectivity index (χ0v) is 16.2. The van der Waals surface area contributed by atoms with Crippen LogP contribution < -0.4 is 4.90 Å². The Morgan fingerprint density at radius 1 is 0.654 bits per heavy atom. The van der Waals surface area contributed by atoms with E-state index in [-0.39, 0.29) is 0 Å². The summed E-state index contributed by atoms with van der Waals surface area (Å²) in [5, 5.41) is 0. The minimum atomic E-state index is 1.17. The summed E-state index contributed by atoms with van der Waals surface area (Å²) in [5.41, 5.74) is 7.68. The Morgan fingerprint density at radius 3 is 1.69 bits per heavy atom. The molecule has 26 heavy (non-hydrogen) atoms. The van der Waals surface area contributed by atoms with Gasteiger partial charge in [0, 0.05) is 17.1 Å². The molecule has 0 radical (unpaired) electrons. The summed E-state index contributed by atoms with van der Waals surface area (Å²) in [6.45, 7) is 6.62. The predicted octanol–water partition coefficient (Wildman–Crippen LogP) is 7.51. The molecule has 0 aliphatic heterocycles. The summed E-state index contributed by atoms with van der Waals surface area (Å²) in [5.74, 6) is 0. The molecule has 0 aromatic heterocycles. The van der Waals surface area contributed by atoms with E-state index in [1.54, 1.807) is 0 Å². The summed E-state index contributed by atoms with van der Waals surface area (Å²) in [6.07, 6.45) is 5.02. The van der Waals surface area contributed by atoms with Crippen molar-refractivity contribution in [2.75, 3.05) is 4.90 Å². The highest BCUT2D eigenvalue weighted by Crippen LogP contribution is 2.37. The highest BCUT2D eigenvalue weighted by molar-refractivity contribution is 5.79. The second-order valence-corrected chi connectivity index (χ2v) is 7.03. The summed E-state index contributed by atoms with van der Waals surface area (Å²) in [4.78, 5) is 2.38. The van der Waals surface area contributed by atoms with E-state index in [0.717, 1.165) is 0 Å². The van der Waals surface area contributed by atoms with Gasteiger partial charge in [-0.25, -0.2) is 0 Å². The second kappa shape index (κ2) is 8.71. The van der Waals surface area contributed by atoms with Gasteiger partial charge in [0.1, 0.15) is 0 Å². The predicted molar refractivity (Wildman–Crippen MR) is 114 cm³/mol. The lowest BCUT2D eigenvalue weighted by molar-refractivity contribution is 0.717. The van der Waals surface area contributed by atoms with Gasteiger partial charge < -0.3 is 4.90 Å². The van der Waals surface area contributed by atoms with Crippen molar-refractivity contribution >= 4 is 17.1 Å². The maximum Gasteiger partial charge on any atom is 0.0490 e. The van der Waals surface area contributed by atoms with Gasteiger partial charge in [-0.05, 0) is 67.6 Å². The van der Waals surface area contributed by atoms with Gasteiger partial charge in [-0.1, -0.05) is 68.3 Å². The first-order chi connectivity index (χ1) is 12.7. The summed E-state index contributed by atoms with van der Waals surface area (Å²) >= 11 is 0. The molecule has 0 amide bonds. The fraction of sp³-hybridized carbons (Fsp3) is 0.280. The quantitative estimate of drug-likeness (QED) is 0.401. The standard InChI is InChI=1S/C25H29N/c1-4-5-6-13-22-16-18-23(19-17-22)26(24-14-9-7-11-20(24)2)25-15-10-8-12-21(25)3/h7-12,14-19H,4-6,13H2,1-3H3. The van der Waals surface area contributed by atoms with Crippen molar-refractivity contribution in [3.63, 3.8) is 0 Å². The van der Waals surface area contributed by atoms with Crippen LogP contribution >= 0.6 is 0 Å². The number of hydrogen-bond acceptors (Lipinski definition) is 1. The van der Waals surface area contributed by atoms with E-state index in [4.69, 9.17) is 0 Å². The molecular weight excluding hydrogens is 314 g/mol. The third-order valence-corrected chi connectivity index (χ3v) is 4.98. The molecule has 0 aliphatic carbocycles. The Bertz CT molecular complexity index is 787. The molecule has 3 aromatic carbocycles. The van der Waals surface area contributed by atoms with Gasteiger partial charge >= 0.3 is 0 Å². The Hall–Kier alpha value is -2.54. The zero-order valence-electron chi connectivity index (χ0n) is 16.2. The van der Waals surface area contributed by atoms with Gasteiger partial charge in [0.2, 0.25) is 0 Å². The molecule has 3 aromatic rings. The Kier molecular flexibility index (Phi) is 6.12. The molecule has 0 heterocycles. The first kappa shape index (κ1) is 18.3. The third-order valence-electron chi connectivity index (χ3n) is 4.98. The van der Waals surface area contributed by atoms with Crippen molar-refractivity contribution in [1.29, 1.82) is 0 Å². The molecule has 134 valence electrons. The molecule has 0 fully saturated rings. The molecule has 1 heteroatoms. The van der Waals surface area contributed by atoms with Crippen LogP contribution in [0.2, 0.25) is 0 Å². The molecule has 0 N–H and O–H groups in total. The highest BCUT2D eigenvalue weighted by atomic mass is 15.1. The molecular formula is C25H29N. The maximum absolute atomic E-state index is 2.38. The normalized spacial score (nSPS) is 10.7. The summed E-state index contributed by atoms with van der Waals surface area (Å²) in [6, 6.07) is 26.3. The van der Waals surface area contributed by atoms with E-state index in [1.165, 1.54) is 59.4 Å². The molecule has 0 atom stereocenters. The smallest absolute Gasteiger partial charge is 0.0490 e. The van der Waals surface area contributed by atoms with E-state index >= 15 is 0 Å². The number of anilines is 3. The average molecular weight is 344 g/mol. The van der Waals surface area contributed by atoms with Crippen LogP contribution in [0.1, 0.15) is 42.9 Å². The number of unbranched alkanes of at least 4 members (excludes halogenated alkanes) is 2. The van der Waals surface area contributed by atoms with Crippen molar-refractivity contribution < 1.29 is 0 Å². The Labute approximate surface area is 158 Å². The second-order valence-electron chi connectivity index (χ2n) is 7.03. The van der Waals surface area contributed by atoms with E-state index in [0.29, 0.717) is 0 Å². The zero-order chi connectivity index (χ0) is 18.4. The van der Waals surface area contributed by atoms with Crippen LogP contribution in [-0.4, -0.2) is 0 Å². The fourth-order valence-electron chi connectivity index (χ4n) is 3.43. The molecule has 0 spiro atoms. The first-order valence-electron chi connectivity index (χ1n) is 9.71. The molecule has 0 bridgehead atoms. The van der Waals surface area contributed by atoms with Crippen molar-refractivity contribution in [2.24, 2.45) is 0 Å². The van der Waals surface area contributed by atoms with E-state index < -0.39 is 0 Å². The van der Waals surface area contributed by atoms with Crippen molar-refractivity contribution in [1.82, 2.24) is 0 Å². The number of hydrogen-bond donors (Lipinski definition) is 0. The molecule has 1 nitrogen and oxygen atoms in total. The summed E-state index contributed by atoms with van der Waals surface area (Å²) in [7, 11) is 0. The third kappa shape index (κ3) is 4.16. The number of nitrogens with zero attached hydrogens (tertiary/aromatic N) is 1. The molecule has 3 rings (SSSR count). The maximum atomic E-state index is 2.38. The lowest BCUT2D eigenvalue weighted by Gasteiger charge is -2.28. The van der Waals surface area contributed by atoms with E-state index in [2.05, 4.69) is 98.5 Å². The SMILES string of the molecule is CCCCCc1ccc(N(c2ccccc2C)c2ccccc2C)cc1. The van der Waals surface area contributed by atoms with Crippen LogP contribution in [0.25, 0.3) is 0 Å². The lowest BCUT2D eigenvalue weighted by Crippen LogP contribution is -2.12. The molecule has 0 aliphatic rings. The van der Waals surface area contributed by atoms with Crippen LogP contribution in [0.3, 0.4) is 0 Å². The van der Waals surface area contributed by atoms with Gasteiger partial charge in [-0.15, -0.1) is 0 Å². The molecule has 0 saturated heterocycles. The monoisotopic (exact) mass is 343 g/mol. The van der Waals surface area contributed by atoms with E-state index in [9.17, 15) is 0 Å². The fourth-order valence-corrected chi connectivity index (χ4v) is 3.43. The summed E-state index contributed by atoms with van der Waals surface area (Å²) < 4.78 is 0. The van der Waals surface area contributed by atoms with Crippen LogP contribution in [-0.2, 0) is 6.42 Å². The van der Waals surface area contributed by atoms with Crippen molar-refractivity contribution in [3.8, 4) is 0 Å². The number of para-hydroxylation sites is 2. The van der Waals surface area contributed by atoms with Crippen LogP contribution in [0.15, 0.2) is 72.8 Å². The van der Waals surface area contributed by atoms with Gasteiger partial charge in [-0.3, -0.25) is 0 Å². The van der Waals surface area contributed by atoms with Crippen molar-refractivity contribution in [2.45, 2.75) is 46.5 Å². The molecule has 0 unspecified atom stereocenters. The minimum Gasteiger partial charge on any atom is -0.310 e. The Morgan fingerprint density at radius 2 is 1.19 bits per heavy atom. The van der Waals surface area contributed by atoms with E-state index in [1.807, 2.05) is 0 Å². The Balaban J connectivity index is 1.99. The number of rotatable bonds is 7. The largest absolute Gasteiger partial charge is 0.310 e. The van der Waals surface area contributed by atoms with Gasteiger partial charge in [0.25, 0.3) is 0 Å². The molecule has 0 saturated carbocycles. The van der Waals surface area contributed by atoms with Gasteiger partial charge in [-0.2, -0.15) is 0 Å². The van der Waals surface area contributed by atoms with Gasteiger partial charge in [0.05, 0.1) is 0 Å². The first-order valence-corrected chi connectivity index (χ1v) is 9.71. The average Bonchev–Trinajstić information content (AvgIpc) is 2.66. The van der Waals surface area contributed by atoms with Crippen LogP contribution in [0.5, 0.6) is 0 Å².